The van der Waals surface area contributed by atoms with Crippen molar-refractivity contribution in [3.05, 3.63) is 66.0 Å². The monoisotopic (exact) mass is 360 g/mol. The Hall–Kier alpha value is -3.61. The van der Waals surface area contributed by atoms with Gasteiger partial charge in [0.05, 0.1) is 17.0 Å². The molecule has 1 aliphatic heterocycles. The number of nitrogens with one attached hydrogen (secondary N) is 1. The second-order valence-corrected chi connectivity index (χ2v) is 6.62. The Morgan fingerprint density at radius 2 is 1.85 bits per heavy atom. The van der Waals surface area contributed by atoms with Gasteiger partial charge >= 0.3 is 5.97 Å². The van der Waals surface area contributed by atoms with E-state index in [0.717, 1.165) is 16.9 Å². The quantitative estimate of drug-likeness (QED) is 0.578. The van der Waals surface area contributed by atoms with E-state index in [9.17, 15) is 9.90 Å². The van der Waals surface area contributed by atoms with Crippen LogP contribution in [0.1, 0.15) is 22.1 Å². The highest BCUT2D eigenvalue weighted by Gasteiger charge is 2.36. The molecule has 1 saturated heterocycles. The molecule has 0 aliphatic carbocycles. The zero-order chi connectivity index (χ0) is 18.4. The van der Waals surface area contributed by atoms with Gasteiger partial charge in [0.1, 0.15) is 5.82 Å². The molecule has 5 rings (SSSR count). The second-order valence-electron chi connectivity index (χ2n) is 6.62. The number of aromatic nitrogens is 3. The second kappa shape index (κ2) is 5.98. The van der Waals surface area contributed by atoms with E-state index in [4.69, 9.17) is 4.52 Å². The van der Waals surface area contributed by atoms with Gasteiger partial charge in [0, 0.05) is 18.7 Å². The Morgan fingerprint density at radius 3 is 2.59 bits per heavy atom. The topological polar surface area (TPSA) is 95.2 Å². The van der Waals surface area contributed by atoms with Crippen LogP contribution in [0.2, 0.25) is 0 Å². The molecule has 0 saturated carbocycles. The van der Waals surface area contributed by atoms with Gasteiger partial charge in [-0.3, -0.25) is 0 Å². The lowest BCUT2D eigenvalue weighted by Gasteiger charge is -2.38. The molecule has 1 fully saturated rings. The van der Waals surface area contributed by atoms with Crippen molar-refractivity contribution in [1.29, 1.82) is 0 Å². The fraction of sp³-hybridized carbons (Fsp3) is 0.150. The van der Waals surface area contributed by atoms with Crippen LogP contribution in [0, 0.1) is 0 Å². The van der Waals surface area contributed by atoms with Gasteiger partial charge in [-0.25, -0.2) is 9.78 Å². The predicted octanol–water partition coefficient (Wildman–Crippen LogP) is 3.52. The molecule has 0 bridgehead atoms. The number of carboxylic acid groups (broad SMARTS) is 1. The number of anilines is 1. The van der Waals surface area contributed by atoms with Crippen molar-refractivity contribution in [1.82, 2.24) is 15.1 Å². The Morgan fingerprint density at radius 1 is 1.11 bits per heavy atom. The lowest BCUT2D eigenvalue weighted by atomic mass is 9.98. The van der Waals surface area contributed by atoms with Crippen molar-refractivity contribution in [3.8, 4) is 11.3 Å². The van der Waals surface area contributed by atoms with E-state index < -0.39 is 5.97 Å². The largest absolute Gasteiger partial charge is 0.477 e. The Balaban J connectivity index is 1.42. The average molecular weight is 360 g/mol. The van der Waals surface area contributed by atoms with E-state index in [1.165, 1.54) is 0 Å². The van der Waals surface area contributed by atoms with Crippen LogP contribution in [0.25, 0.3) is 22.4 Å². The summed E-state index contributed by atoms with van der Waals surface area (Å²) in [5.41, 5.74) is 2.74. The molecule has 0 atom stereocenters. The molecule has 3 heterocycles. The lowest BCUT2D eigenvalue weighted by molar-refractivity contribution is 0.0697. The van der Waals surface area contributed by atoms with Gasteiger partial charge in [-0.05, 0) is 12.1 Å². The van der Waals surface area contributed by atoms with Gasteiger partial charge in [-0.15, -0.1) is 0 Å². The first-order valence-electron chi connectivity index (χ1n) is 8.68. The van der Waals surface area contributed by atoms with Crippen LogP contribution < -0.4 is 4.90 Å². The smallest absolute Gasteiger partial charge is 0.343 e. The fourth-order valence-electron chi connectivity index (χ4n) is 3.47. The van der Waals surface area contributed by atoms with Crippen molar-refractivity contribution in [2.75, 3.05) is 18.0 Å². The van der Waals surface area contributed by atoms with Gasteiger partial charge in [0.2, 0.25) is 0 Å². The van der Waals surface area contributed by atoms with Gasteiger partial charge in [0.25, 0.3) is 0 Å². The number of hydrogen-bond acceptors (Lipinski definition) is 5. The number of fused-ring (bicyclic) bond motifs is 1. The third-order valence-electron chi connectivity index (χ3n) is 4.90. The number of para-hydroxylation sites is 2. The minimum atomic E-state index is -1.04. The maximum absolute atomic E-state index is 11.8. The molecule has 27 heavy (non-hydrogen) atoms. The van der Waals surface area contributed by atoms with E-state index in [1.807, 2.05) is 59.5 Å². The highest BCUT2D eigenvalue weighted by Crippen LogP contribution is 2.36. The van der Waals surface area contributed by atoms with E-state index in [2.05, 4.69) is 15.1 Å². The van der Waals surface area contributed by atoms with Crippen molar-refractivity contribution in [2.45, 2.75) is 5.92 Å². The summed E-state index contributed by atoms with van der Waals surface area (Å²) < 4.78 is 5.39. The first-order valence-corrected chi connectivity index (χ1v) is 8.68. The molecule has 4 aromatic rings. The molecule has 0 spiro atoms. The number of H-pyrrole nitrogens is 1. The van der Waals surface area contributed by atoms with E-state index in [1.54, 1.807) is 0 Å². The summed E-state index contributed by atoms with van der Waals surface area (Å²) in [6, 6.07) is 17.1. The molecule has 0 unspecified atom stereocenters. The molecule has 1 aliphatic rings. The number of rotatable bonds is 4. The standard InChI is InChI=1S/C20H16N4O3/c25-20(26)16-17(12-6-2-1-3-7-12)27-23-19(16)24-10-13(11-24)18-21-14-8-4-5-9-15(14)22-18/h1-9,13H,10-11H2,(H,21,22)(H,25,26). The van der Waals surface area contributed by atoms with Crippen LogP contribution >= 0.6 is 0 Å². The molecular formula is C20H16N4O3. The number of aromatic amines is 1. The molecule has 0 radical (unpaired) electrons. The van der Waals surface area contributed by atoms with Gasteiger partial charge in [-0.1, -0.05) is 47.6 Å². The molecule has 7 heteroatoms. The Labute approximate surface area is 154 Å². The maximum Gasteiger partial charge on any atom is 0.343 e. The summed E-state index contributed by atoms with van der Waals surface area (Å²) >= 11 is 0. The summed E-state index contributed by atoms with van der Waals surface area (Å²) in [5, 5.41) is 13.7. The van der Waals surface area contributed by atoms with Gasteiger partial charge in [0.15, 0.2) is 17.1 Å². The highest BCUT2D eigenvalue weighted by molar-refractivity contribution is 5.99. The van der Waals surface area contributed by atoms with Crippen molar-refractivity contribution in [3.63, 3.8) is 0 Å². The van der Waals surface area contributed by atoms with E-state index in [-0.39, 0.29) is 17.2 Å². The third-order valence-corrected chi connectivity index (χ3v) is 4.90. The number of imidazole rings is 1. The summed E-state index contributed by atoms with van der Waals surface area (Å²) in [6.07, 6.45) is 0. The van der Waals surface area contributed by atoms with E-state index >= 15 is 0 Å². The minimum absolute atomic E-state index is 0.101. The fourth-order valence-corrected chi connectivity index (χ4v) is 3.47. The molecule has 0 amide bonds. The molecule has 2 aromatic carbocycles. The maximum atomic E-state index is 11.8. The number of nitrogens with zero attached hydrogens (tertiary/aromatic N) is 3. The normalized spacial score (nSPS) is 14.4. The third kappa shape index (κ3) is 2.55. The van der Waals surface area contributed by atoms with E-state index in [0.29, 0.717) is 24.5 Å². The number of carboxylic acids is 1. The molecule has 2 N–H and O–H groups in total. The van der Waals surface area contributed by atoms with Crippen LogP contribution in [0.3, 0.4) is 0 Å². The Bertz CT molecular complexity index is 1090. The van der Waals surface area contributed by atoms with Crippen LogP contribution in [-0.2, 0) is 0 Å². The van der Waals surface area contributed by atoms with Crippen molar-refractivity contribution < 1.29 is 14.4 Å². The number of benzene rings is 2. The molecule has 134 valence electrons. The van der Waals surface area contributed by atoms with Crippen LogP contribution in [0.4, 0.5) is 5.82 Å². The summed E-state index contributed by atoms with van der Waals surface area (Å²) in [4.78, 5) is 21.7. The van der Waals surface area contributed by atoms with Gasteiger partial charge < -0.3 is 19.5 Å². The van der Waals surface area contributed by atoms with Crippen molar-refractivity contribution >= 4 is 22.8 Å². The summed E-state index contributed by atoms with van der Waals surface area (Å²) in [6.45, 7) is 1.28. The lowest BCUT2D eigenvalue weighted by Crippen LogP contribution is -2.46. The zero-order valence-corrected chi connectivity index (χ0v) is 14.3. The SMILES string of the molecule is O=C(O)c1c(N2CC(c3nc4ccccc4[nH]3)C2)noc1-c1ccccc1. The average Bonchev–Trinajstić information content (AvgIpc) is 3.25. The zero-order valence-electron chi connectivity index (χ0n) is 14.3. The van der Waals surface area contributed by atoms with Gasteiger partial charge in [-0.2, -0.15) is 0 Å². The molecular weight excluding hydrogens is 344 g/mol. The molecule has 2 aromatic heterocycles. The number of hydrogen-bond donors (Lipinski definition) is 2. The number of carbonyl (C=O) groups is 1. The highest BCUT2D eigenvalue weighted by atomic mass is 16.5. The minimum Gasteiger partial charge on any atom is -0.477 e. The van der Waals surface area contributed by atoms with Crippen LogP contribution in [0.15, 0.2) is 59.1 Å². The predicted molar refractivity (Wildman–Crippen MR) is 99.9 cm³/mol. The Kier molecular flexibility index (Phi) is 3.46. The molecule has 7 nitrogen and oxygen atoms in total. The van der Waals surface area contributed by atoms with Crippen LogP contribution in [-0.4, -0.2) is 39.3 Å². The van der Waals surface area contributed by atoms with Crippen molar-refractivity contribution in [2.24, 2.45) is 0 Å². The first-order chi connectivity index (χ1) is 13.2. The summed E-state index contributed by atoms with van der Waals surface area (Å²) in [5.74, 6) is 0.725. The summed E-state index contributed by atoms with van der Waals surface area (Å²) in [7, 11) is 0. The first kappa shape index (κ1) is 15.6. The van der Waals surface area contributed by atoms with Crippen LogP contribution in [0.5, 0.6) is 0 Å². The number of aromatic carboxylic acids is 1.